The molecule has 9 heteroatoms. The van der Waals surface area contributed by atoms with Gasteiger partial charge in [0.2, 0.25) is 5.91 Å². The largest absolute Gasteiger partial charge is 0.446 e. The Kier molecular flexibility index (Phi) is 7.51. The van der Waals surface area contributed by atoms with Gasteiger partial charge in [-0.3, -0.25) is 10.2 Å². The third-order valence-corrected chi connectivity index (χ3v) is 7.20. The monoisotopic (exact) mass is 462 g/mol. The molecule has 4 atom stereocenters. The molecule has 2 amide bonds. The lowest BCUT2D eigenvalue weighted by atomic mass is 9.84. The first-order valence-corrected chi connectivity index (χ1v) is 12.0. The second kappa shape index (κ2) is 10.4. The zero-order valence-corrected chi connectivity index (χ0v) is 19.1. The number of carbonyl (C=O) groups excluding carboxylic acids is 2. The number of carbonyl (C=O) groups is 2. The van der Waals surface area contributed by atoms with Gasteiger partial charge in [-0.1, -0.05) is 12.1 Å². The molecule has 2 unspecified atom stereocenters. The molecule has 33 heavy (non-hydrogen) atoms. The molecule has 1 heterocycles. The van der Waals surface area contributed by atoms with Crippen molar-refractivity contribution in [3.8, 4) is 0 Å². The molecule has 1 saturated heterocycles. The van der Waals surface area contributed by atoms with Gasteiger partial charge in [0.05, 0.1) is 18.2 Å². The molecule has 1 aliphatic heterocycles. The molecule has 2 aliphatic carbocycles. The highest BCUT2D eigenvalue weighted by atomic mass is 19.1. The molecule has 182 valence electrons. The van der Waals surface area contributed by atoms with E-state index in [1.165, 1.54) is 12.1 Å². The summed E-state index contributed by atoms with van der Waals surface area (Å²) < 4.78 is 18.7. The van der Waals surface area contributed by atoms with E-state index in [0.717, 1.165) is 44.1 Å². The summed E-state index contributed by atoms with van der Waals surface area (Å²) in [7, 11) is 0. The van der Waals surface area contributed by atoms with Crippen molar-refractivity contribution in [2.24, 2.45) is 5.92 Å². The lowest BCUT2D eigenvalue weighted by Gasteiger charge is -2.33. The SMILES string of the molecule is CC1(O)CCC(NC(=O)O[C@H]2CC[C@@H](C3CC(NC(=O)Cc4ccc(F)cc4)NN3)C2)CC1. The molecule has 8 nitrogen and oxygen atoms in total. The minimum Gasteiger partial charge on any atom is -0.446 e. The highest BCUT2D eigenvalue weighted by Gasteiger charge is 2.37. The first kappa shape index (κ1) is 23.9. The minimum absolute atomic E-state index is 0.0647. The van der Waals surface area contributed by atoms with Gasteiger partial charge in [0, 0.05) is 12.1 Å². The van der Waals surface area contributed by atoms with E-state index in [1.807, 2.05) is 6.92 Å². The molecule has 1 aromatic rings. The molecular formula is C24H35FN4O4. The highest BCUT2D eigenvalue weighted by Crippen LogP contribution is 2.33. The van der Waals surface area contributed by atoms with E-state index in [4.69, 9.17) is 4.74 Å². The fraction of sp³-hybridized carbons (Fsp3) is 0.667. The predicted octanol–water partition coefficient (Wildman–Crippen LogP) is 2.27. The van der Waals surface area contributed by atoms with E-state index >= 15 is 0 Å². The number of alkyl carbamates (subject to hydrolysis) is 1. The summed E-state index contributed by atoms with van der Waals surface area (Å²) >= 11 is 0. The molecular weight excluding hydrogens is 427 g/mol. The number of aliphatic hydroxyl groups is 1. The van der Waals surface area contributed by atoms with Crippen LogP contribution in [0.3, 0.4) is 0 Å². The van der Waals surface area contributed by atoms with Crippen LogP contribution in [0.2, 0.25) is 0 Å². The summed E-state index contributed by atoms with van der Waals surface area (Å²) in [5.74, 6) is -0.0719. The van der Waals surface area contributed by atoms with Crippen molar-refractivity contribution in [3.63, 3.8) is 0 Å². The average Bonchev–Trinajstić information content (AvgIpc) is 3.41. The summed E-state index contributed by atoms with van der Waals surface area (Å²) in [6.07, 6.45) is 5.80. The van der Waals surface area contributed by atoms with E-state index in [-0.39, 0.29) is 48.6 Å². The zero-order chi connectivity index (χ0) is 23.4. The van der Waals surface area contributed by atoms with Crippen LogP contribution in [0, 0.1) is 11.7 Å². The van der Waals surface area contributed by atoms with E-state index in [0.29, 0.717) is 18.8 Å². The Labute approximate surface area is 194 Å². The van der Waals surface area contributed by atoms with Crippen LogP contribution in [0.4, 0.5) is 9.18 Å². The minimum atomic E-state index is -0.624. The van der Waals surface area contributed by atoms with Crippen LogP contribution in [0.1, 0.15) is 63.9 Å². The fourth-order valence-corrected chi connectivity index (χ4v) is 5.20. The maximum absolute atomic E-state index is 13.0. The molecule has 0 aromatic heterocycles. The molecule has 4 rings (SSSR count). The number of hydrogen-bond donors (Lipinski definition) is 5. The lowest BCUT2D eigenvalue weighted by molar-refractivity contribution is -0.121. The number of rotatable bonds is 6. The molecule has 1 aromatic carbocycles. The Bertz CT molecular complexity index is 824. The van der Waals surface area contributed by atoms with Crippen molar-refractivity contribution in [1.82, 2.24) is 21.5 Å². The van der Waals surface area contributed by atoms with Crippen LogP contribution in [-0.4, -0.2) is 47.1 Å². The first-order chi connectivity index (χ1) is 15.8. The van der Waals surface area contributed by atoms with E-state index in [9.17, 15) is 19.1 Å². The topological polar surface area (TPSA) is 112 Å². The summed E-state index contributed by atoms with van der Waals surface area (Å²) in [6, 6.07) is 6.20. The van der Waals surface area contributed by atoms with Gasteiger partial charge < -0.3 is 20.5 Å². The van der Waals surface area contributed by atoms with Gasteiger partial charge in [-0.05, 0) is 81.9 Å². The van der Waals surface area contributed by atoms with E-state index < -0.39 is 5.60 Å². The predicted molar refractivity (Wildman–Crippen MR) is 120 cm³/mol. The fourth-order valence-electron chi connectivity index (χ4n) is 5.20. The quantitative estimate of drug-likeness (QED) is 0.444. The molecule has 0 radical (unpaired) electrons. The van der Waals surface area contributed by atoms with E-state index in [1.54, 1.807) is 12.1 Å². The van der Waals surface area contributed by atoms with Gasteiger partial charge in [0.25, 0.3) is 0 Å². The smallest absolute Gasteiger partial charge is 0.407 e. The number of benzene rings is 1. The van der Waals surface area contributed by atoms with Crippen LogP contribution >= 0.6 is 0 Å². The van der Waals surface area contributed by atoms with Gasteiger partial charge in [-0.2, -0.15) is 0 Å². The van der Waals surface area contributed by atoms with Crippen molar-refractivity contribution >= 4 is 12.0 Å². The van der Waals surface area contributed by atoms with Gasteiger partial charge in [-0.15, -0.1) is 0 Å². The molecule has 0 bridgehead atoms. The third kappa shape index (κ3) is 6.88. The second-order valence-electron chi connectivity index (χ2n) is 10.1. The Morgan fingerprint density at radius 3 is 2.55 bits per heavy atom. The third-order valence-electron chi connectivity index (χ3n) is 7.20. The summed E-state index contributed by atoms with van der Waals surface area (Å²) in [6.45, 7) is 1.84. The number of hydrazine groups is 1. The zero-order valence-electron chi connectivity index (χ0n) is 19.1. The number of amides is 2. The van der Waals surface area contributed by atoms with Gasteiger partial charge in [0.1, 0.15) is 11.9 Å². The molecule has 3 fully saturated rings. The summed E-state index contributed by atoms with van der Waals surface area (Å²) in [5, 5.41) is 16.0. The number of nitrogens with one attached hydrogen (secondary N) is 4. The highest BCUT2D eigenvalue weighted by molar-refractivity contribution is 5.78. The Hall–Kier alpha value is -2.23. The summed E-state index contributed by atoms with van der Waals surface area (Å²) in [4.78, 5) is 24.6. The van der Waals surface area contributed by atoms with E-state index in [2.05, 4.69) is 21.5 Å². The second-order valence-corrected chi connectivity index (χ2v) is 10.1. The Morgan fingerprint density at radius 1 is 1.09 bits per heavy atom. The molecule has 0 spiro atoms. The maximum atomic E-state index is 13.0. The van der Waals surface area contributed by atoms with Crippen LogP contribution < -0.4 is 21.5 Å². The van der Waals surface area contributed by atoms with Gasteiger partial charge in [0.15, 0.2) is 0 Å². The number of halogens is 1. The molecule has 5 N–H and O–H groups in total. The van der Waals surface area contributed by atoms with Gasteiger partial charge >= 0.3 is 6.09 Å². The van der Waals surface area contributed by atoms with Crippen molar-refractivity contribution in [3.05, 3.63) is 35.6 Å². The van der Waals surface area contributed by atoms with Crippen molar-refractivity contribution in [1.29, 1.82) is 0 Å². The summed E-state index contributed by atoms with van der Waals surface area (Å²) in [5.41, 5.74) is 6.57. The molecule has 2 saturated carbocycles. The van der Waals surface area contributed by atoms with Crippen molar-refractivity contribution in [2.75, 3.05) is 0 Å². The standard InChI is InChI=1S/C24H35FN4O4/c1-24(32)10-8-18(9-11-24)26-23(31)33-19-7-4-16(13-19)20-14-21(29-28-20)27-22(30)12-15-2-5-17(25)6-3-15/h2-3,5-6,16,18-21,28-29,32H,4,7-14H2,1H3,(H,26,31)(H,27,30)/t16-,18?,19+,20?,21?,24?/m1/s1. The van der Waals surface area contributed by atoms with Crippen LogP contribution in [0.25, 0.3) is 0 Å². The Balaban J connectivity index is 1.15. The normalized spacial score (nSPS) is 34.1. The van der Waals surface area contributed by atoms with Crippen LogP contribution in [0.5, 0.6) is 0 Å². The van der Waals surface area contributed by atoms with Crippen LogP contribution in [-0.2, 0) is 16.0 Å². The maximum Gasteiger partial charge on any atom is 0.407 e. The van der Waals surface area contributed by atoms with Gasteiger partial charge in [-0.25, -0.2) is 14.6 Å². The first-order valence-electron chi connectivity index (χ1n) is 12.0. The number of hydrogen-bond acceptors (Lipinski definition) is 6. The molecule has 3 aliphatic rings. The Morgan fingerprint density at radius 2 is 1.82 bits per heavy atom. The van der Waals surface area contributed by atoms with Crippen molar-refractivity contribution < 1.29 is 23.8 Å². The van der Waals surface area contributed by atoms with Crippen LogP contribution in [0.15, 0.2) is 24.3 Å². The average molecular weight is 463 g/mol. The lowest BCUT2D eigenvalue weighted by Crippen LogP contribution is -2.45. The van der Waals surface area contributed by atoms with Crippen molar-refractivity contribution in [2.45, 2.75) is 94.7 Å². The number of ether oxygens (including phenoxy) is 1.